The molecule has 0 aliphatic heterocycles. The van der Waals surface area contributed by atoms with E-state index in [9.17, 15) is 4.79 Å². The van der Waals surface area contributed by atoms with Crippen LogP contribution in [-0.2, 0) is 16.8 Å². The number of hydrogen-bond acceptors (Lipinski definition) is 3. The number of halogens is 1. The number of hydrogen-bond donors (Lipinski definition) is 0. The van der Waals surface area contributed by atoms with Crippen molar-refractivity contribution in [2.24, 2.45) is 0 Å². The minimum absolute atomic E-state index is 0.128. The van der Waals surface area contributed by atoms with Crippen molar-refractivity contribution in [3.63, 3.8) is 0 Å². The van der Waals surface area contributed by atoms with Crippen molar-refractivity contribution >= 4 is 21.9 Å². The Labute approximate surface area is 145 Å². The van der Waals surface area contributed by atoms with E-state index < -0.39 is 5.97 Å². The van der Waals surface area contributed by atoms with E-state index in [1.165, 1.54) is 12.7 Å². The largest absolute Gasteiger partial charge is 0.488 e. The maximum Gasteiger partial charge on any atom is 0.341 e. The van der Waals surface area contributed by atoms with E-state index in [-0.39, 0.29) is 5.41 Å². The van der Waals surface area contributed by atoms with Gasteiger partial charge in [0.1, 0.15) is 17.9 Å². The van der Waals surface area contributed by atoms with Crippen LogP contribution in [0, 0.1) is 0 Å². The predicted molar refractivity (Wildman–Crippen MR) is 95.0 cm³/mol. The summed E-state index contributed by atoms with van der Waals surface area (Å²) < 4.78 is 11.4. The molecule has 3 nitrogen and oxygen atoms in total. The molecule has 2 aromatic rings. The van der Waals surface area contributed by atoms with Crippen molar-refractivity contribution in [3.8, 4) is 5.75 Å². The highest BCUT2D eigenvalue weighted by Crippen LogP contribution is 2.26. The number of methoxy groups -OCH3 is 1. The van der Waals surface area contributed by atoms with E-state index in [4.69, 9.17) is 9.47 Å². The van der Waals surface area contributed by atoms with Crippen LogP contribution >= 0.6 is 15.9 Å². The molecule has 122 valence electrons. The Kier molecular flexibility index (Phi) is 5.47. The first-order valence-corrected chi connectivity index (χ1v) is 8.20. The highest BCUT2D eigenvalue weighted by molar-refractivity contribution is 9.10. The molecule has 0 fully saturated rings. The molecular weight excluding hydrogens is 356 g/mol. The van der Waals surface area contributed by atoms with E-state index in [0.717, 1.165) is 10.0 Å². The third kappa shape index (κ3) is 4.58. The van der Waals surface area contributed by atoms with Gasteiger partial charge >= 0.3 is 5.97 Å². The number of rotatable bonds is 4. The molecule has 0 amide bonds. The van der Waals surface area contributed by atoms with Gasteiger partial charge in [-0.25, -0.2) is 4.79 Å². The van der Waals surface area contributed by atoms with Crippen LogP contribution in [0.4, 0.5) is 0 Å². The maximum atomic E-state index is 11.8. The predicted octanol–water partition coefficient (Wildman–Crippen LogP) is 5.11. The number of carbonyl (C=O) groups is 1. The number of carbonyl (C=O) groups excluding carboxylic acids is 1. The molecule has 0 spiro atoms. The summed E-state index contributed by atoms with van der Waals surface area (Å²) in [5.74, 6) is 0.101. The second kappa shape index (κ2) is 7.18. The molecule has 0 saturated carbocycles. The number of benzene rings is 2. The first-order valence-electron chi connectivity index (χ1n) is 7.41. The van der Waals surface area contributed by atoms with Gasteiger partial charge in [-0.2, -0.15) is 0 Å². The average molecular weight is 377 g/mol. The molecule has 2 rings (SSSR count). The summed E-state index contributed by atoms with van der Waals surface area (Å²) in [5, 5.41) is 0. The summed E-state index contributed by atoms with van der Waals surface area (Å²) in [7, 11) is 1.36. The SMILES string of the molecule is COC(=O)c1cc(Br)ccc1OCc1ccc(C(C)(C)C)cc1. The summed E-state index contributed by atoms with van der Waals surface area (Å²) >= 11 is 3.35. The second-order valence-electron chi connectivity index (χ2n) is 6.37. The van der Waals surface area contributed by atoms with Gasteiger partial charge in [-0.05, 0) is 34.7 Å². The van der Waals surface area contributed by atoms with Crippen molar-refractivity contribution in [2.45, 2.75) is 32.8 Å². The Morgan fingerprint density at radius 1 is 1.09 bits per heavy atom. The fourth-order valence-corrected chi connectivity index (χ4v) is 2.52. The molecule has 0 bridgehead atoms. The van der Waals surface area contributed by atoms with Gasteiger partial charge in [-0.15, -0.1) is 0 Å². The Morgan fingerprint density at radius 2 is 1.74 bits per heavy atom. The minimum Gasteiger partial charge on any atom is -0.488 e. The van der Waals surface area contributed by atoms with Crippen LogP contribution in [0.3, 0.4) is 0 Å². The topological polar surface area (TPSA) is 35.5 Å². The van der Waals surface area contributed by atoms with Gasteiger partial charge in [-0.1, -0.05) is 61.0 Å². The zero-order valence-electron chi connectivity index (χ0n) is 13.9. The lowest BCUT2D eigenvalue weighted by Gasteiger charge is -2.19. The van der Waals surface area contributed by atoms with Crippen LogP contribution in [0.15, 0.2) is 46.9 Å². The third-order valence-electron chi connectivity index (χ3n) is 3.56. The van der Waals surface area contributed by atoms with Crippen molar-refractivity contribution in [1.82, 2.24) is 0 Å². The summed E-state index contributed by atoms with van der Waals surface area (Å²) in [5.41, 5.74) is 2.87. The van der Waals surface area contributed by atoms with Crippen molar-refractivity contribution < 1.29 is 14.3 Å². The zero-order chi connectivity index (χ0) is 17.0. The summed E-state index contributed by atoms with van der Waals surface area (Å²) in [6.07, 6.45) is 0. The van der Waals surface area contributed by atoms with Gasteiger partial charge in [0.05, 0.1) is 7.11 Å². The fourth-order valence-electron chi connectivity index (χ4n) is 2.16. The molecule has 0 aromatic heterocycles. The van der Waals surface area contributed by atoms with Crippen molar-refractivity contribution in [3.05, 3.63) is 63.6 Å². The average Bonchev–Trinajstić information content (AvgIpc) is 2.52. The maximum absolute atomic E-state index is 11.8. The Morgan fingerprint density at radius 3 is 2.30 bits per heavy atom. The molecule has 0 heterocycles. The molecule has 23 heavy (non-hydrogen) atoms. The highest BCUT2D eigenvalue weighted by atomic mass is 79.9. The lowest BCUT2D eigenvalue weighted by Crippen LogP contribution is -2.11. The first kappa shape index (κ1) is 17.5. The fraction of sp³-hybridized carbons (Fsp3) is 0.316. The monoisotopic (exact) mass is 376 g/mol. The second-order valence-corrected chi connectivity index (χ2v) is 7.28. The molecule has 0 saturated heterocycles. The summed E-state index contributed by atoms with van der Waals surface area (Å²) in [4.78, 5) is 11.8. The van der Waals surface area contributed by atoms with E-state index in [1.54, 1.807) is 12.1 Å². The lowest BCUT2D eigenvalue weighted by atomic mass is 9.87. The Bertz CT molecular complexity index is 685. The van der Waals surface area contributed by atoms with Gasteiger partial charge in [0.2, 0.25) is 0 Å². The Hall–Kier alpha value is -1.81. The highest BCUT2D eigenvalue weighted by Gasteiger charge is 2.15. The quantitative estimate of drug-likeness (QED) is 0.695. The third-order valence-corrected chi connectivity index (χ3v) is 4.05. The van der Waals surface area contributed by atoms with E-state index in [2.05, 4.69) is 61.0 Å². The van der Waals surface area contributed by atoms with Gasteiger partial charge in [0.15, 0.2) is 0 Å². The van der Waals surface area contributed by atoms with Crippen molar-refractivity contribution in [2.75, 3.05) is 7.11 Å². The molecular formula is C19H21BrO3. The Balaban J connectivity index is 2.13. The first-order chi connectivity index (χ1) is 10.8. The van der Waals surface area contributed by atoms with Gasteiger partial charge in [-0.3, -0.25) is 0 Å². The van der Waals surface area contributed by atoms with Crippen LogP contribution in [0.2, 0.25) is 0 Å². The summed E-state index contributed by atoms with van der Waals surface area (Å²) in [6.45, 7) is 6.95. The molecule has 0 unspecified atom stereocenters. The summed E-state index contributed by atoms with van der Waals surface area (Å²) in [6, 6.07) is 13.6. The van der Waals surface area contributed by atoms with Crippen LogP contribution in [0.1, 0.15) is 42.3 Å². The lowest BCUT2D eigenvalue weighted by molar-refractivity contribution is 0.0595. The molecule has 0 aliphatic carbocycles. The van der Waals surface area contributed by atoms with Crippen LogP contribution in [0.5, 0.6) is 5.75 Å². The van der Waals surface area contributed by atoms with Crippen molar-refractivity contribution in [1.29, 1.82) is 0 Å². The van der Waals surface area contributed by atoms with E-state index in [0.29, 0.717) is 17.9 Å². The molecule has 2 aromatic carbocycles. The van der Waals surface area contributed by atoms with Crippen LogP contribution in [0.25, 0.3) is 0 Å². The van der Waals surface area contributed by atoms with E-state index in [1.807, 2.05) is 6.07 Å². The molecule has 0 atom stereocenters. The number of ether oxygens (including phenoxy) is 2. The number of esters is 1. The molecule has 4 heteroatoms. The van der Waals surface area contributed by atoms with E-state index >= 15 is 0 Å². The standard InChI is InChI=1S/C19H21BrO3/c1-19(2,3)14-7-5-13(6-8-14)12-23-17-10-9-15(20)11-16(17)18(21)22-4/h5-11H,12H2,1-4H3. The van der Waals surface area contributed by atoms with Crippen LogP contribution < -0.4 is 4.74 Å². The van der Waals surface area contributed by atoms with Gasteiger partial charge < -0.3 is 9.47 Å². The van der Waals surface area contributed by atoms with Gasteiger partial charge in [0, 0.05) is 4.47 Å². The van der Waals surface area contributed by atoms with Crippen LogP contribution in [-0.4, -0.2) is 13.1 Å². The molecule has 0 radical (unpaired) electrons. The zero-order valence-corrected chi connectivity index (χ0v) is 15.4. The smallest absolute Gasteiger partial charge is 0.341 e. The molecule has 0 aliphatic rings. The molecule has 0 N–H and O–H groups in total. The van der Waals surface area contributed by atoms with Gasteiger partial charge in [0.25, 0.3) is 0 Å². The minimum atomic E-state index is -0.413. The normalized spacial score (nSPS) is 11.2.